The molecule has 2 aromatic rings. The van der Waals surface area contributed by atoms with Gasteiger partial charge in [0.25, 0.3) is 0 Å². The maximum Gasteiger partial charge on any atom is 0.229 e. The zero-order valence-corrected chi connectivity index (χ0v) is 13.1. The van der Waals surface area contributed by atoms with Gasteiger partial charge < -0.3 is 25.8 Å². The number of aliphatic hydroxyl groups excluding tert-OH is 2. The number of nitrogens with one attached hydrogen (secondary N) is 1. The first-order valence-corrected chi connectivity index (χ1v) is 7.59. The molecule has 0 bridgehead atoms. The Balaban J connectivity index is 1.83. The molecular weight excluding hydrogens is 330 g/mol. The highest BCUT2D eigenvalue weighted by Crippen LogP contribution is 2.67. The second kappa shape index (κ2) is 5.02. The minimum absolute atomic E-state index is 0.0348. The zero-order valence-electron chi connectivity index (χ0n) is 13.1. The maximum atomic E-state index is 12.2. The van der Waals surface area contributed by atoms with Crippen LogP contribution in [0, 0.1) is 11.3 Å². The number of azide groups is 1. The van der Waals surface area contributed by atoms with E-state index >= 15 is 0 Å². The van der Waals surface area contributed by atoms with Gasteiger partial charge in [-0.25, -0.2) is 15.0 Å². The van der Waals surface area contributed by atoms with E-state index < -0.39 is 23.7 Å². The molecule has 0 aromatic carbocycles. The number of hydrogen-bond acceptors (Lipinski definition) is 8. The summed E-state index contributed by atoms with van der Waals surface area (Å²) in [5.41, 5.74) is 13.9. The van der Waals surface area contributed by atoms with E-state index in [1.807, 2.05) is 0 Å². The highest BCUT2D eigenvalue weighted by atomic mass is 16.3. The lowest BCUT2D eigenvalue weighted by molar-refractivity contribution is -0.132. The summed E-state index contributed by atoms with van der Waals surface area (Å²) >= 11 is 0. The summed E-state index contributed by atoms with van der Waals surface area (Å²) in [5, 5.41) is 26.8. The lowest BCUT2D eigenvalue weighted by atomic mass is 9.98. The van der Waals surface area contributed by atoms with Crippen LogP contribution in [0.25, 0.3) is 21.6 Å². The molecule has 5 N–H and O–H groups in total. The Kier molecular flexibility index (Phi) is 3.13. The fraction of sp³-hybridized carbons (Fsp3) is 0.538. The van der Waals surface area contributed by atoms with Crippen molar-refractivity contribution in [3.63, 3.8) is 0 Å². The number of imidazole rings is 1. The Bertz CT molecular complexity index is 936. The molecule has 2 saturated carbocycles. The molecular formula is C13H15N9O3. The molecule has 25 heavy (non-hydrogen) atoms. The Morgan fingerprint density at radius 3 is 3.00 bits per heavy atom. The Labute approximate surface area is 140 Å². The van der Waals surface area contributed by atoms with E-state index in [1.165, 1.54) is 13.4 Å². The second-order valence-corrected chi connectivity index (χ2v) is 6.28. The average Bonchev–Trinajstić information content (AvgIpc) is 3.12. The van der Waals surface area contributed by atoms with E-state index in [4.69, 9.17) is 11.3 Å². The predicted octanol–water partition coefficient (Wildman–Crippen LogP) is -0.621. The van der Waals surface area contributed by atoms with Gasteiger partial charge in [-0.2, -0.15) is 0 Å². The SMILES string of the molecule is CNC(=O)[C@@]12C[C@@H]1[C@@H](n1cnc3c(N)nc(N=[N+]=[N-])nc31)C(O)C2O. The lowest BCUT2D eigenvalue weighted by Crippen LogP contribution is -2.41. The molecule has 0 spiro atoms. The van der Waals surface area contributed by atoms with Crippen LogP contribution >= 0.6 is 0 Å². The molecule has 0 aliphatic heterocycles. The molecule has 2 unspecified atom stereocenters. The molecule has 1 amide bonds. The summed E-state index contributed by atoms with van der Waals surface area (Å²) in [6, 6.07) is -0.606. The van der Waals surface area contributed by atoms with Crippen LogP contribution in [-0.4, -0.2) is 54.9 Å². The quantitative estimate of drug-likeness (QED) is 0.324. The van der Waals surface area contributed by atoms with Crippen LogP contribution in [0.15, 0.2) is 11.4 Å². The fourth-order valence-electron chi connectivity index (χ4n) is 4.02. The third-order valence-corrected chi connectivity index (χ3v) is 5.21. The van der Waals surface area contributed by atoms with E-state index in [0.29, 0.717) is 6.42 Å². The van der Waals surface area contributed by atoms with Gasteiger partial charge in [0.2, 0.25) is 11.9 Å². The number of carbonyl (C=O) groups excluding carboxylic acids is 1. The van der Waals surface area contributed by atoms with Crippen molar-refractivity contribution in [3.05, 3.63) is 16.8 Å². The van der Waals surface area contributed by atoms with Crippen molar-refractivity contribution in [2.75, 3.05) is 12.8 Å². The molecule has 2 heterocycles. The van der Waals surface area contributed by atoms with E-state index in [1.54, 1.807) is 4.57 Å². The molecule has 0 saturated heterocycles. The standard InChI is InChI=1S/C13H15N9O3/c1-16-11(25)13-2-4(13)6(7(23)8(13)24)22-3-17-5-9(14)18-12(20-21-15)19-10(5)22/h3-4,6-8,23-24H,2H2,1H3,(H,16,25)(H2,14,18,19)/t4-,6-,7?,8?,13+/m1/s1. The van der Waals surface area contributed by atoms with Crippen LogP contribution < -0.4 is 11.1 Å². The van der Waals surface area contributed by atoms with Crippen molar-refractivity contribution in [3.8, 4) is 0 Å². The van der Waals surface area contributed by atoms with Crippen LogP contribution in [-0.2, 0) is 4.79 Å². The highest BCUT2D eigenvalue weighted by Gasteiger charge is 2.75. The topological polar surface area (TPSA) is 188 Å². The Morgan fingerprint density at radius 2 is 2.32 bits per heavy atom. The van der Waals surface area contributed by atoms with Gasteiger partial charge in [-0.15, -0.1) is 0 Å². The number of amides is 1. The van der Waals surface area contributed by atoms with Gasteiger partial charge >= 0.3 is 0 Å². The van der Waals surface area contributed by atoms with E-state index in [0.717, 1.165) is 0 Å². The van der Waals surface area contributed by atoms with E-state index in [-0.39, 0.29) is 34.8 Å². The highest BCUT2D eigenvalue weighted by molar-refractivity contribution is 5.88. The molecule has 0 radical (unpaired) electrons. The van der Waals surface area contributed by atoms with Gasteiger partial charge in [0, 0.05) is 17.9 Å². The van der Waals surface area contributed by atoms with Crippen molar-refractivity contribution in [2.24, 2.45) is 16.4 Å². The van der Waals surface area contributed by atoms with Crippen molar-refractivity contribution in [2.45, 2.75) is 24.7 Å². The predicted molar refractivity (Wildman–Crippen MR) is 84.2 cm³/mol. The van der Waals surface area contributed by atoms with Crippen LogP contribution in [0.2, 0.25) is 0 Å². The normalized spacial score (nSPS) is 32.9. The summed E-state index contributed by atoms with van der Waals surface area (Å²) in [6.07, 6.45) is -0.504. The number of hydrogen-bond donors (Lipinski definition) is 4. The van der Waals surface area contributed by atoms with Crippen molar-refractivity contribution >= 4 is 28.8 Å². The summed E-state index contributed by atoms with van der Waals surface area (Å²) in [4.78, 5) is 27.0. The number of carbonyl (C=O) groups is 1. The molecule has 2 aliphatic rings. The Morgan fingerprint density at radius 1 is 1.56 bits per heavy atom. The number of nitrogens with zero attached hydrogens (tertiary/aromatic N) is 7. The summed E-state index contributed by atoms with van der Waals surface area (Å²) in [6.45, 7) is 0. The van der Waals surface area contributed by atoms with E-state index in [9.17, 15) is 15.0 Å². The molecule has 5 atom stereocenters. The second-order valence-electron chi connectivity index (χ2n) is 6.28. The van der Waals surface area contributed by atoms with Crippen LogP contribution in [0.4, 0.5) is 11.8 Å². The van der Waals surface area contributed by atoms with Crippen LogP contribution in [0.5, 0.6) is 0 Å². The molecule has 12 heteroatoms. The van der Waals surface area contributed by atoms with Gasteiger partial charge in [-0.1, -0.05) is 0 Å². The third-order valence-electron chi connectivity index (χ3n) is 5.21. The van der Waals surface area contributed by atoms with Crippen LogP contribution in [0.3, 0.4) is 0 Å². The molecule has 130 valence electrons. The minimum atomic E-state index is -1.20. The number of nitrogens with two attached hydrogens (primary N) is 1. The molecule has 2 fully saturated rings. The number of anilines is 1. The van der Waals surface area contributed by atoms with Crippen molar-refractivity contribution in [1.29, 1.82) is 0 Å². The zero-order chi connectivity index (χ0) is 17.9. The molecule has 12 nitrogen and oxygen atoms in total. The molecule has 2 aliphatic carbocycles. The summed E-state index contributed by atoms with van der Waals surface area (Å²) in [7, 11) is 1.49. The number of fused-ring (bicyclic) bond motifs is 2. The summed E-state index contributed by atoms with van der Waals surface area (Å²) in [5.74, 6) is -0.711. The lowest BCUT2D eigenvalue weighted by Gasteiger charge is -2.23. The van der Waals surface area contributed by atoms with Gasteiger partial charge in [0.15, 0.2) is 11.5 Å². The number of aromatic nitrogens is 4. The molecule has 2 aromatic heterocycles. The third kappa shape index (κ3) is 1.86. The van der Waals surface area contributed by atoms with E-state index in [2.05, 4.69) is 30.3 Å². The van der Waals surface area contributed by atoms with Crippen molar-refractivity contribution < 1.29 is 15.0 Å². The minimum Gasteiger partial charge on any atom is -0.389 e. The first-order valence-electron chi connectivity index (χ1n) is 7.59. The van der Waals surface area contributed by atoms with Crippen LogP contribution in [0.1, 0.15) is 12.5 Å². The number of rotatable bonds is 3. The van der Waals surface area contributed by atoms with Gasteiger partial charge in [0.1, 0.15) is 11.6 Å². The van der Waals surface area contributed by atoms with Gasteiger partial charge in [-0.05, 0) is 17.1 Å². The maximum absolute atomic E-state index is 12.2. The Hall–Kier alpha value is -2.95. The van der Waals surface area contributed by atoms with Gasteiger partial charge in [0.05, 0.1) is 23.9 Å². The monoisotopic (exact) mass is 345 g/mol. The smallest absolute Gasteiger partial charge is 0.229 e. The first kappa shape index (κ1) is 15.6. The molecule has 4 rings (SSSR count). The first-order chi connectivity index (χ1) is 12.0. The number of aliphatic hydroxyl groups is 2. The fourth-order valence-corrected chi connectivity index (χ4v) is 4.02. The summed E-state index contributed by atoms with van der Waals surface area (Å²) < 4.78 is 1.56. The largest absolute Gasteiger partial charge is 0.389 e. The van der Waals surface area contributed by atoms with Crippen molar-refractivity contribution in [1.82, 2.24) is 24.8 Å². The average molecular weight is 345 g/mol. The number of nitrogen functional groups attached to an aromatic ring is 1. The van der Waals surface area contributed by atoms with Gasteiger partial charge in [-0.3, -0.25) is 4.79 Å².